The van der Waals surface area contributed by atoms with Crippen LogP contribution >= 0.6 is 0 Å². The Hall–Kier alpha value is -0.610. The van der Waals surface area contributed by atoms with E-state index in [-0.39, 0.29) is 11.9 Å². The highest BCUT2D eigenvalue weighted by Crippen LogP contribution is 2.12. The van der Waals surface area contributed by atoms with Crippen molar-refractivity contribution in [1.82, 2.24) is 10.2 Å². The molecule has 3 N–H and O–H groups in total. The van der Waals surface area contributed by atoms with Crippen LogP contribution in [0.5, 0.6) is 0 Å². The molecule has 0 radical (unpaired) electrons. The molecule has 2 unspecified atom stereocenters. The lowest BCUT2D eigenvalue weighted by atomic mass is 10.1. The quantitative estimate of drug-likeness (QED) is 0.615. The molecular weight excluding hydrogens is 166 g/mol. The fraction of sp³-hybridized carbons (Fsp3) is 0.889. The van der Waals surface area contributed by atoms with Crippen molar-refractivity contribution in [2.45, 2.75) is 19.4 Å². The largest absolute Gasteiger partial charge is 0.368 e. The number of amides is 1. The minimum Gasteiger partial charge on any atom is -0.368 e. The van der Waals surface area contributed by atoms with Gasteiger partial charge in [-0.15, -0.1) is 0 Å². The van der Waals surface area contributed by atoms with Crippen molar-refractivity contribution in [3.8, 4) is 0 Å². The van der Waals surface area contributed by atoms with Gasteiger partial charge in [0.25, 0.3) is 0 Å². The van der Waals surface area contributed by atoms with Crippen molar-refractivity contribution in [2.75, 3.05) is 26.7 Å². The molecule has 0 aliphatic carbocycles. The van der Waals surface area contributed by atoms with E-state index >= 15 is 0 Å². The molecule has 1 heterocycles. The summed E-state index contributed by atoms with van der Waals surface area (Å²) in [6.45, 7) is 4.99. The Kier molecular flexibility index (Phi) is 3.69. The van der Waals surface area contributed by atoms with Crippen LogP contribution in [0.2, 0.25) is 0 Å². The van der Waals surface area contributed by atoms with E-state index in [0.717, 1.165) is 19.6 Å². The lowest BCUT2D eigenvalue weighted by molar-refractivity contribution is -0.119. The molecule has 0 aromatic heterocycles. The maximum atomic E-state index is 10.7. The number of carbonyl (C=O) groups excluding carboxylic acids is 1. The number of hydrogen-bond donors (Lipinski definition) is 2. The zero-order valence-corrected chi connectivity index (χ0v) is 8.42. The molecule has 4 heteroatoms. The SMILES string of the molecule is CC(NCC1CCN(C)C1)C(N)=O. The highest BCUT2D eigenvalue weighted by Gasteiger charge is 2.20. The number of rotatable bonds is 4. The van der Waals surface area contributed by atoms with Gasteiger partial charge in [0.05, 0.1) is 6.04 Å². The summed E-state index contributed by atoms with van der Waals surface area (Å²) in [6, 6.07) is -0.203. The standard InChI is InChI=1S/C9H19N3O/c1-7(9(10)13)11-5-8-3-4-12(2)6-8/h7-8,11H,3-6H2,1-2H3,(H2,10,13). The third-order valence-electron chi connectivity index (χ3n) is 2.63. The van der Waals surface area contributed by atoms with E-state index in [9.17, 15) is 4.79 Å². The number of nitrogens with zero attached hydrogens (tertiary/aromatic N) is 1. The second-order valence-corrected chi connectivity index (χ2v) is 3.95. The zero-order chi connectivity index (χ0) is 9.84. The average Bonchev–Trinajstić information content (AvgIpc) is 2.47. The normalized spacial score (nSPS) is 26.2. The van der Waals surface area contributed by atoms with Gasteiger partial charge in [-0.2, -0.15) is 0 Å². The van der Waals surface area contributed by atoms with Crippen molar-refractivity contribution in [1.29, 1.82) is 0 Å². The third-order valence-corrected chi connectivity index (χ3v) is 2.63. The van der Waals surface area contributed by atoms with Gasteiger partial charge in [0.2, 0.25) is 5.91 Å². The van der Waals surface area contributed by atoms with Crippen molar-refractivity contribution in [2.24, 2.45) is 11.7 Å². The van der Waals surface area contributed by atoms with Crippen LogP contribution in [0.15, 0.2) is 0 Å². The first-order chi connectivity index (χ1) is 6.09. The van der Waals surface area contributed by atoms with Gasteiger partial charge < -0.3 is 16.0 Å². The third kappa shape index (κ3) is 3.32. The fourth-order valence-electron chi connectivity index (χ4n) is 1.64. The van der Waals surface area contributed by atoms with Crippen LogP contribution in [0, 0.1) is 5.92 Å². The fourth-order valence-corrected chi connectivity index (χ4v) is 1.64. The van der Waals surface area contributed by atoms with Crippen LogP contribution < -0.4 is 11.1 Å². The van der Waals surface area contributed by atoms with Crippen LogP contribution in [0.4, 0.5) is 0 Å². The van der Waals surface area contributed by atoms with E-state index in [0.29, 0.717) is 5.92 Å². The molecule has 0 saturated carbocycles. The number of carbonyl (C=O) groups is 1. The van der Waals surface area contributed by atoms with Crippen molar-refractivity contribution in [3.63, 3.8) is 0 Å². The first kappa shape index (κ1) is 10.5. The van der Waals surface area contributed by atoms with Crippen molar-refractivity contribution >= 4 is 5.91 Å². The molecule has 2 atom stereocenters. The predicted octanol–water partition coefficient (Wildman–Crippen LogP) is -0.598. The second kappa shape index (κ2) is 4.58. The lowest BCUT2D eigenvalue weighted by Crippen LogP contribution is -2.41. The molecule has 1 rings (SSSR count). The minimum absolute atomic E-state index is 0.203. The summed E-state index contributed by atoms with van der Waals surface area (Å²) in [5.41, 5.74) is 5.14. The zero-order valence-electron chi connectivity index (χ0n) is 8.42. The molecule has 1 amide bonds. The van der Waals surface area contributed by atoms with E-state index in [1.54, 1.807) is 6.92 Å². The van der Waals surface area contributed by atoms with Gasteiger partial charge in [-0.1, -0.05) is 0 Å². The predicted molar refractivity (Wildman–Crippen MR) is 52.3 cm³/mol. The molecule has 1 aliphatic heterocycles. The summed E-state index contributed by atoms with van der Waals surface area (Å²) < 4.78 is 0. The molecule has 1 aliphatic rings. The summed E-state index contributed by atoms with van der Waals surface area (Å²) in [5, 5.41) is 3.14. The molecule has 0 spiro atoms. The van der Waals surface area contributed by atoms with Gasteiger partial charge in [0.1, 0.15) is 0 Å². The van der Waals surface area contributed by atoms with Crippen molar-refractivity contribution in [3.05, 3.63) is 0 Å². The van der Waals surface area contributed by atoms with E-state index in [1.165, 1.54) is 6.42 Å². The maximum absolute atomic E-state index is 10.7. The van der Waals surface area contributed by atoms with Crippen LogP contribution in [-0.4, -0.2) is 43.5 Å². The summed E-state index contributed by atoms with van der Waals surface area (Å²) in [6.07, 6.45) is 1.22. The molecular formula is C9H19N3O. The van der Waals surface area contributed by atoms with Crippen molar-refractivity contribution < 1.29 is 4.79 Å². The maximum Gasteiger partial charge on any atom is 0.234 e. The molecule has 0 bridgehead atoms. The molecule has 4 nitrogen and oxygen atoms in total. The minimum atomic E-state index is -0.272. The first-order valence-electron chi connectivity index (χ1n) is 4.81. The number of nitrogens with two attached hydrogens (primary N) is 1. The summed E-state index contributed by atoms with van der Waals surface area (Å²) in [5.74, 6) is 0.401. The Balaban J connectivity index is 2.16. The van der Waals surface area contributed by atoms with Crippen LogP contribution in [-0.2, 0) is 4.79 Å². The summed E-state index contributed by atoms with van der Waals surface area (Å²) in [4.78, 5) is 13.0. The van der Waals surface area contributed by atoms with Gasteiger partial charge in [-0.3, -0.25) is 4.79 Å². The highest BCUT2D eigenvalue weighted by atomic mass is 16.1. The molecule has 13 heavy (non-hydrogen) atoms. The number of nitrogens with one attached hydrogen (secondary N) is 1. The van der Waals surface area contributed by atoms with Crippen LogP contribution in [0.25, 0.3) is 0 Å². The molecule has 0 aromatic carbocycles. The van der Waals surface area contributed by atoms with Gasteiger partial charge in [-0.05, 0) is 39.4 Å². The summed E-state index contributed by atoms with van der Waals surface area (Å²) in [7, 11) is 2.12. The second-order valence-electron chi connectivity index (χ2n) is 3.95. The monoisotopic (exact) mass is 185 g/mol. The van der Waals surface area contributed by atoms with Gasteiger partial charge >= 0.3 is 0 Å². The van der Waals surface area contributed by atoms with Gasteiger partial charge in [0.15, 0.2) is 0 Å². The van der Waals surface area contributed by atoms with E-state index in [2.05, 4.69) is 17.3 Å². The van der Waals surface area contributed by atoms with Gasteiger partial charge in [-0.25, -0.2) is 0 Å². The number of hydrogen-bond acceptors (Lipinski definition) is 3. The summed E-state index contributed by atoms with van der Waals surface area (Å²) >= 11 is 0. The average molecular weight is 185 g/mol. The topological polar surface area (TPSA) is 58.4 Å². The Morgan fingerprint density at radius 2 is 2.46 bits per heavy atom. The Labute approximate surface area is 79.5 Å². The van der Waals surface area contributed by atoms with E-state index in [4.69, 9.17) is 5.73 Å². The Bertz CT molecular complexity index is 184. The molecule has 1 saturated heterocycles. The van der Waals surface area contributed by atoms with E-state index < -0.39 is 0 Å². The Morgan fingerprint density at radius 3 is 2.92 bits per heavy atom. The number of likely N-dealkylation sites (tertiary alicyclic amines) is 1. The first-order valence-corrected chi connectivity index (χ1v) is 4.81. The van der Waals surface area contributed by atoms with Crippen LogP contribution in [0.3, 0.4) is 0 Å². The highest BCUT2D eigenvalue weighted by molar-refractivity contribution is 5.79. The smallest absolute Gasteiger partial charge is 0.234 e. The molecule has 0 aromatic rings. The molecule has 1 fully saturated rings. The lowest BCUT2D eigenvalue weighted by Gasteiger charge is -2.14. The van der Waals surface area contributed by atoms with E-state index in [1.807, 2.05) is 0 Å². The molecule has 76 valence electrons. The van der Waals surface area contributed by atoms with Crippen LogP contribution in [0.1, 0.15) is 13.3 Å². The number of primary amides is 1. The Morgan fingerprint density at radius 1 is 1.77 bits per heavy atom. The van der Waals surface area contributed by atoms with Gasteiger partial charge in [0, 0.05) is 6.54 Å².